The highest BCUT2D eigenvalue weighted by atomic mass is 16.5. The molecule has 1 aliphatic rings. The van der Waals surface area contributed by atoms with E-state index in [4.69, 9.17) is 15.2 Å². The average Bonchev–Trinajstić information content (AvgIpc) is 2.49. The Bertz CT molecular complexity index is 457. The topological polar surface area (TPSA) is 64.8 Å². The fourth-order valence-corrected chi connectivity index (χ4v) is 2.48. The molecule has 1 saturated heterocycles. The van der Waals surface area contributed by atoms with E-state index in [9.17, 15) is 4.79 Å². The van der Waals surface area contributed by atoms with Crippen LogP contribution in [0.3, 0.4) is 0 Å². The Balaban J connectivity index is 1.95. The second-order valence-electron chi connectivity index (χ2n) is 5.01. The Morgan fingerprint density at radius 3 is 2.70 bits per heavy atom. The predicted octanol–water partition coefficient (Wildman–Crippen LogP) is 1.95. The van der Waals surface area contributed by atoms with Gasteiger partial charge in [0.1, 0.15) is 12.9 Å². The van der Waals surface area contributed by atoms with Gasteiger partial charge in [0, 0.05) is 12.1 Å². The highest BCUT2D eigenvalue weighted by molar-refractivity contribution is 5.80. The molecule has 5 heteroatoms. The molecule has 0 amide bonds. The molecular weight excluding hydrogens is 256 g/mol. The van der Waals surface area contributed by atoms with E-state index in [1.807, 2.05) is 0 Å². The van der Waals surface area contributed by atoms with E-state index < -0.39 is 0 Å². The number of carbonyl (C=O) groups excluding carboxylic acids is 1. The molecule has 1 aliphatic heterocycles. The Morgan fingerprint density at radius 2 is 2.05 bits per heavy atom. The van der Waals surface area contributed by atoms with Gasteiger partial charge >= 0.3 is 0 Å². The van der Waals surface area contributed by atoms with Gasteiger partial charge in [-0.3, -0.25) is 9.69 Å². The van der Waals surface area contributed by atoms with Crippen LogP contribution in [0, 0.1) is 0 Å². The Hall–Kier alpha value is -1.75. The number of nitrogens with zero attached hydrogens (tertiary/aromatic N) is 1. The molecule has 0 aliphatic carbocycles. The van der Waals surface area contributed by atoms with Crippen molar-refractivity contribution in [3.05, 3.63) is 17.7 Å². The van der Waals surface area contributed by atoms with Crippen molar-refractivity contribution in [2.24, 2.45) is 0 Å². The van der Waals surface area contributed by atoms with Crippen LogP contribution in [0.25, 0.3) is 0 Å². The maximum absolute atomic E-state index is 10.8. The van der Waals surface area contributed by atoms with Gasteiger partial charge in [-0.1, -0.05) is 6.42 Å². The van der Waals surface area contributed by atoms with E-state index in [2.05, 4.69) is 4.90 Å². The standard InChI is InChI=1S/C15H22N2O3/c1-19-14-10-12(11-18)9-13(16)15(14)20-8-7-17-5-3-2-4-6-17/h9-11H,2-8,16H2,1H3. The molecule has 0 spiro atoms. The minimum Gasteiger partial charge on any atom is -0.493 e. The molecule has 0 radical (unpaired) electrons. The van der Waals surface area contributed by atoms with E-state index in [0.717, 1.165) is 25.9 Å². The van der Waals surface area contributed by atoms with E-state index in [-0.39, 0.29) is 0 Å². The number of rotatable bonds is 6. The molecule has 20 heavy (non-hydrogen) atoms. The summed E-state index contributed by atoms with van der Waals surface area (Å²) in [6.07, 6.45) is 4.60. The molecule has 0 saturated carbocycles. The average molecular weight is 278 g/mol. The first kappa shape index (κ1) is 14.7. The van der Waals surface area contributed by atoms with E-state index in [0.29, 0.717) is 29.4 Å². The summed E-state index contributed by atoms with van der Waals surface area (Å²) in [6, 6.07) is 3.24. The third kappa shape index (κ3) is 3.63. The smallest absolute Gasteiger partial charge is 0.184 e. The lowest BCUT2D eigenvalue weighted by Crippen LogP contribution is -2.33. The summed E-state index contributed by atoms with van der Waals surface area (Å²) in [4.78, 5) is 13.2. The zero-order valence-electron chi connectivity index (χ0n) is 11.9. The van der Waals surface area contributed by atoms with E-state index in [1.165, 1.54) is 19.3 Å². The second kappa shape index (κ2) is 7.14. The van der Waals surface area contributed by atoms with Crippen LogP contribution in [0.5, 0.6) is 11.5 Å². The highest BCUT2D eigenvalue weighted by Crippen LogP contribution is 2.34. The normalized spacial score (nSPS) is 15.8. The number of anilines is 1. The molecule has 0 unspecified atom stereocenters. The zero-order chi connectivity index (χ0) is 14.4. The molecule has 0 bridgehead atoms. The number of piperidine rings is 1. The zero-order valence-corrected chi connectivity index (χ0v) is 11.9. The third-order valence-corrected chi connectivity index (χ3v) is 3.56. The molecule has 1 aromatic rings. The van der Waals surface area contributed by atoms with Gasteiger partial charge in [-0.25, -0.2) is 0 Å². The molecule has 0 atom stereocenters. The molecule has 2 rings (SSSR count). The maximum atomic E-state index is 10.8. The lowest BCUT2D eigenvalue weighted by molar-refractivity contribution is 0.112. The number of nitrogens with two attached hydrogens (primary N) is 1. The minimum absolute atomic E-state index is 0.435. The number of carbonyl (C=O) groups is 1. The predicted molar refractivity (Wildman–Crippen MR) is 78.6 cm³/mol. The van der Waals surface area contributed by atoms with Crippen LogP contribution in [-0.2, 0) is 0 Å². The van der Waals surface area contributed by atoms with Crippen molar-refractivity contribution < 1.29 is 14.3 Å². The van der Waals surface area contributed by atoms with Crippen molar-refractivity contribution in [3.63, 3.8) is 0 Å². The van der Waals surface area contributed by atoms with Crippen molar-refractivity contribution in [1.29, 1.82) is 0 Å². The number of methoxy groups -OCH3 is 1. The number of hydrogen-bond acceptors (Lipinski definition) is 5. The molecule has 1 aromatic carbocycles. The number of benzene rings is 1. The van der Waals surface area contributed by atoms with Crippen molar-refractivity contribution >= 4 is 12.0 Å². The van der Waals surface area contributed by atoms with E-state index in [1.54, 1.807) is 19.2 Å². The van der Waals surface area contributed by atoms with Crippen LogP contribution in [0.4, 0.5) is 5.69 Å². The van der Waals surface area contributed by atoms with Gasteiger partial charge in [-0.2, -0.15) is 0 Å². The highest BCUT2D eigenvalue weighted by Gasteiger charge is 2.13. The Labute approximate surface area is 119 Å². The van der Waals surface area contributed by atoms with Crippen molar-refractivity contribution in [3.8, 4) is 11.5 Å². The Kier molecular flexibility index (Phi) is 5.24. The Morgan fingerprint density at radius 1 is 1.30 bits per heavy atom. The summed E-state index contributed by atoms with van der Waals surface area (Å²) in [5.74, 6) is 1.03. The molecular formula is C15H22N2O3. The molecule has 5 nitrogen and oxygen atoms in total. The fourth-order valence-electron chi connectivity index (χ4n) is 2.48. The first-order valence-electron chi connectivity index (χ1n) is 7.02. The fraction of sp³-hybridized carbons (Fsp3) is 0.533. The quantitative estimate of drug-likeness (QED) is 0.636. The molecule has 1 heterocycles. The number of likely N-dealkylation sites (tertiary alicyclic amines) is 1. The summed E-state index contributed by atoms with van der Waals surface area (Å²) in [5.41, 5.74) is 6.84. The maximum Gasteiger partial charge on any atom is 0.184 e. The number of ether oxygens (including phenoxy) is 2. The van der Waals surface area contributed by atoms with Gasteiger partial charge in [0.05, 0.1) is 12.8 Å². The minimum atomic E-state index is 0.435. The van der Waals surface area contributed by atoms with Crippen molar-refractivity contribution in [2.45, 2.75) is 19.3 Å². The first-order valence-corrected chi connectivity index (χ1v) is 7.02. The lowest BCUT2D eigenvalue weighted by Gasteiger charge is -2.26. The number of hydrogen-bond donors (Lipinski definition) is 1. The molecule has 0 aromatic heterocycles. The largest absolute Gasteiger partial charge is 0.493 e. The second-order valence-corrected chi connectivity index (χ2v) is 5.01. The number of aldehydes is 1. The summed E-state index contributed by atoms with van der Waals surface area (Å²) in [5, 5.41) is 0. The van der Waals surface area contributed by atoms with Crippen LogP contribution in [0.1, 0.15) is 29.6 Å². The van der Waals surface area contributed by atoms with Crippen LogP contribution < -0.4 is 15.2 Å². The monoisotopic (exact) mass is 278 g/mol. The van der Waals surface area contributed by atoms with Crippen molar-refractivity contribution in [1.82, 2.24) is 4.90 Å². The molecule has 2 N–H and O–H groups in total. The molecule has 110 valence electrons. The summed E-state index contributed by atoms with van der Waals surface area (Å²) in [7, 11) is 1.54. The number of nitrogen functional groups attached to an aromatic ring is 1. The van der Waals surface area contributed by atoms with Gasteiger partial charge in [-0.15, -0.1) is 0 Å². The SMILES string of the molecule is COc1cc(C=O)cc(N)c1OCCN1CCCCC1. The van der Waals surface area contributed by atoms with Crippen LogP contribution in [-0.4, -0.2) is 44.5 Å². The third-order valence-electron chi connectivity index (χ3n) is 3.56. The van der Waals surface area contributed by atoms with Crippen LogP contribution in [0.2, 0.25) is 0 Å². The summed E-state index contributed by atoms with van der Waals surface area (Å²) >= 11 is 0. The van der Waals surface area contributed by atoms with Gasteiger partial charge in [0.25, 0.3) is 0 Å². The van der Waals surface area contributed by atoms with E-state index >= 15 is 0 Å². The van der Waals surface area contributed by atoms with Crippen molar-refractivity contribution in [2.75, 3.05) is 39.1 Å². The lowest BCUT2D eigenvalue weighted by atomic mass is 10.1. The van der Waals surface area contributed by atoms with Gasteiger partial charge in [0.15, 0.2) is 11.5 Å². The first-order chi connectivity index (χ1) is 9.74. The van der Waals surface area contributed by atoms with Gasteiger partial charge in [0.2, 0.25) is 0 Å². The van der Waals surface area contributed by atoms with Crippen LogP contribution >= 0.6 is 0 Å². The van der Waals surface area contributed by atoms with Gasteiger partial charge in [-0.05, 0) is 38.1 Å². The molecule has 1 fully saturated rings. The van der Waals surface area contributed by atoms with Gasteiger partial charge < -0.3 is 15.2 Å². The van der Waals surface area contributed by atoms with Crippen LogP contribution in [0.15, 0.2) is 12.1 Å². The summed E-state index contributed by atoms with van der Waals surface area (Å²) < 4.78 is 11.0. The summed E-state index contributed by atoms with van der Waals surface area (Å²) in [6.45, 7) is 3.74.